The molecule has 0 aliphatic carbocycles. The van der Waals surface area contributed by atoms with Crippen LogP contribution in [-0.4, -0.2) is 44.9 Å². The average Bonchev–Trinajstić information content (AvgIpc) is 3.06. The number of nitrogens with one attached hydrogen (secondary N) is 2. The molecule has 10 heteroatoms. The predicted molar refractivity (Wildman–Crippen MR) is 122 cm³/mol. The molecule has 1 aromatic carbocycles. The highest BCUT2D eigenvalue weighted by molar-refractivity contribution is 7.99. The molecular formula is C20H27Cl2N5O2S. The van der Waals surface area contributed by atoms with Gasteiger partial charge in [-0.25, -0.2) is 0 Å². The second-order valence-corrected chi connectivity index (χ2v) is 9.09. The van der Waals surface area contributed by atoms with Crippen LogP contribution in [0.4, 0.5) is 0 Å². The highest BCUT2D eigenvalue weighted by Gasteiger charge is 2.20. The van der Waals surface area contributed by atoms with E-state index in [1.165, 1.54) is 11.8 Å². The molecule has 1 aromatic heterocycles. The van der Waals surface area contributed by atoms with Crippen LogP contribution in [0.15, 0.2) is 23.4 Å². The Morgan fingerprint density at radius 2 is 1.93 bits per heavy atom. The van der Waals surface area contributed by atoms with Crippen LogP contribution in [0.2, 0.25) is 10.0 Å². The third-order valence-corrected chi connectivity index (χ3v) is 5.60. The number of halogens is 2. The Labute approximate surface area is 191 Å². The van der Waals surface area contributed by atoms with Gasteiger partial charge in [0.15, 0.2) is 11.0 Å². The Bertz CT molecular complexity index is 888. The van der Waals surface area contributed by atoms with E-state index in [9.17, 15) is 9.59 Å². The molecule has 0 saturated carbocycles. The molecule has 0 aliphatic heterocycles. The smallest absolute Gasteiger partial charge is 0.242 e. The summed E-state index contributed by atoms with van der Waals surface area (Å²) in [7, 11) is 0. The molecule has 2 amide bonds. The van der Waals surface area contributed by atoms with Crippen LogP contribution in [0.1, 0.15) is 34.1 Å². The first kappa shape index (κ1) is 24.5. The van der Waals surface area contributed by atoms with Gasteiger partial charge in [0.2, 0.25) is 11.8 Å². The van der Waals surface area contributed by atoms with Crippen molar-refractivity contribution < 1.29 is 9.59 Å². The molecule has 164 valence electrons. The van der Waals surface area contributed by atoms with Gasteiger partial charge in [0.1, 0.15) is 6.04 Å². The minimum absolute atomic E-state index is 0.121. The number of aromatic nitrogens is 3. The molecule has 2 N–H and O–H groups in total. The molecule has 1 atom stereocenters. The Morgan fingerprint density at radius 1 is 1.20 bits per heavy atom. The predicted octanol–water partition coefficient (Wildman–Crippen LogP) is 4.03. The number of thioether (sulfide) groups is 1. The maximum atomic E-state index is 12.3. The zero-order valence-corrected chi connectivity index (χ0v) is 19.9. The van der Waals surface area contributed by atoms with Crippen LogP contribution in [0, 0.1) is 5.92 Å². The van der Waals surface area contributed by atoms with E-state index in [2.05, 4.69) is 34.7 Å². The average molecular weight is 472 g/mol. The monoisotopic (exact) mass is 471 g/mol. The van der Waals surface area contributed by atoms with Crippen LogP contribution in [-0.2, 0) is 16.1 Å². The summed E-state index contributed by atoms with van der Waals surface area (Å²) in [6.45, 7) is 9.06. The Morgan fingerprint density at radius 3 is 2.57 bits per heavy atom. The fourth-order valence-corrected chi connectivity index (χ4v) is 3.93. The van der Waals surface area contributed by atoms with Gasteiger partial charge in [-0.05, 0) is 37.5 Å². The topological polar surface area (TPSA) is 88.9 Å². The van der Waals surface area contributed by atoms with Crippen molar-refractivity contribution in [3.63, 3.8) is 0 Å². The summed E-state index contributed by atoms with van der Waals surface area (Å²) in [5.74, 6) is 0.639. The van der Waals surface area contributed by atoms with Crippen molar-refractivity contribution in [2.24, 2.45) is 5.92 Å². The van der Waals surface area contributed by atoms with Crippen molar-refractivity contribution >= 4 is 46.8 Å². The summed E-state index contributed by atoms with van der Waals surface area (Å²) in [6.07, 6.45) is 0.841. The van der Waals surface area contributed by atoms with Gasteiger partial charge in [-0.15, -0.1) is 10.2 Å². The first-order valence-corrected chi connectivity index (χ1v) is 11.6. The zero-order valence-electron chi connectivity index (χ0n) is 17.5. The molecule has 0 fully saturated rings. The van der Waals surface area contributed by atoms with E-state index >= 15 is 0 Å². The number of benzene rings is 1. The maximum absolute atomic E-state index is 12.3. The standard InChI is InChI=1S/C20H27Cl2N5O2S/c1-5-8-23-19(29)13(4)24-17(28)11-30-20-26-25-18(27(20)10-12(2)3)15-7-6-14(21)9-16(15)22/h6-7,9,12-13H,5,8,10-11H2,1-4H3,(H,23,29)(H,24,28)/t13-/m1/s1. The van der Waals surface area contributed by atoms with E-state index in [-0.39, 0.29) is 17.6 Å². The molecule has 0 spiro atoms. The molecular weight excluding hydrogens is 445 g/mol. The summed E-state index contributed by atoms with van der Waals surface area (Å²) in [6, 6.07) is 4.63. The SMILES string of the molecule is CCCNC(=O)[C@@H](C)NC(=O)CSc1nnc(-c2ccc(Cl)cc2Cl)n1CC(C)C. The summed E-state index contributed by atoms with van der Waals surface area (Å²) >= 11 is 13.6. The molecule has 2 rings (SSSR count). The normalized spacial score (nSPS) is 12.1. The number of hydrogen-bond donors (Lipinski definition) is 2. The van der Waals surface area contributed by atoms with Gasteiger partial charge in [-0.1, -0.05) is 55.7 Å². The summed E-state index contributed by atoms with van der Waals surface area (Å²) in [5, 5.41) is 15.7. The molecule has 1 heterocycles. The van der Waals surface area contributed by atoms with Crippen molar-refractivity contribution in [1.82, 2.24) is 25.4 Å². The Balaban J connectivity index is 2.11. The number of hydrogen-bond acceptors (Lipinski definition) is 5. The lowest BCUT2D eigenvalue weighted by Crippen LogP contribution is -2.45. The largest absolute Gasteiger partial charge is 0.354 e. The van der Waals surface area contributed by atoms with E-state index in [0.717, 1.165) is 12.0 Å². The van der Waals surface area contributed by atoms with Gasteiger partial charge in [-0.2, -0.15) is 0 Å². The minimum atomic E-state index is -0.596. The number of amides is 2. The third kappa shape index (κ3) is 6.89. The van der Waals surface area contributed by atoms with Crippen molar-refractivity contribution in [3.05, 3.63) is 28.2 Å². The van der Waals surface area contributed by atoms with Crippen LogP contribution in [0.3, 0.4) is 0 Å². The van der Waals surface area contributed by atoms with Gasteiger partial charge < -0.3 is 15.2 Å². The fraction of sp³-hybridized carbons (Fsp3) is 0.500. The first-order chi connectivity index (χ1) is 14.2. The third-order valence-electron chi connectivity index (χ3n) is 4.09. The van der Waals surface area contributed by atoms with Crippen molar-refractivity contribution in [3.8, 4) is 11.4 Å². The quantitative estimate of drug-likeness (QED) is 0.510. The van der Waals surface area contributed by atoms with Gasteiger partial charge in [0.25, 0.3) is 0 Å². The lowest BCUT2D eigenvalue weighted by atomic mass is 10.2. The number of nitrogens with zero attached hydrogens (tertiary/aromatic N) is 3. The minimum Gasteiger partial charge on any atom is -0.354 e. The zero-order chi connectivity index (χ0) is 22.3. The highest BCUT2D eigenvalue weighted by Crippen LogP contribution is 2.31. The van der Waals surface area contributed by atoms with Crippen LogP contribution >= 0.6 is 35.0 Å². The van der Waals surface area contributed by atoms with Crippen LogP contribution in [0.5, 0.6) is 0 Å². The Hall–Kier alpha value is -1.77. The van der Waals surface area contributed by atoms with Gasteiger partial charge >= 0.3 is 0 Å². The van der Waals surface area contributed by atoms with Gasteiger partial charge in [0.05, 0.1) is 10.8 Å². The lowest BCUT2D eigenvalue weighted by Gasteiger charge is -2.15. The number of carbonyl (C=O) groups is 2. The van der Waals surface area contributed by atoms with E-state index in [1.807, 2.05) is 17.6 Å². The molecule has 0 aliphatic rings. The van der Waals surface area contributed by atoms with Gasteiger partial charge in [-0.3, -0.25) is 9.59 Å². The Kier molecular flexibility index (Phi) is 9.45. The van der Waals surface area contributed by atoms with Crippen molar-refractivity contribution in [2.45, 2.75) is 51.9 Å². The molecule has 0 bridgehead atoms. The fourth-order valence-electron chi connectivity index (χ4n) is 2.68. The highest BCUT2D eigenvalue weighted by atomic mass is 35.5. The molecule has 0 unspecified atom stereocenters. The molecule has 7 nitrogen and oxygen atoms in total. The molecule has 30 heavy (non-hydrogen) atoms. The molecule has 0 radical (unpaired) electrons. The summed E-state index contributed by atoms with van der Waals surface area (Å²) in [5.41, 5.74) is 0.728. The number of rotatable bonds is 10. The van der Waals surface area contributed by atoms with E-state index in [4.69, 9.17) is 23.2 Å². The van der Waals surface area contributed by atoms with Crippen LogP contribution < -0.4 is 10.6 Å². The van der Waals surface area contributed by atoms with Crippen molar-refractivity contribution in [2.75, 3.05) is 12.3 Å². The van der Waals surface area contributed by atoms with E-state index < -0.39 is 6.04 Å². The molecule has 2 aromatic rings. The summed E-state index contributed by atoms with van der Waals surface area (Å²) < 4.78 is 1.95. The van der Waals surface area contributed by atoms with E-state index in [1.54, 1.807) is 19.1 Å². The lowest BCUT2D eigenvalue weighted by molar-refractivity contribution is -0.127. The first-order valence-electron chi connectivity index (χ1n) is 9.81. The molecule has 0 saturated heterocycles. The van der Waals surface area contributed by atoms with Crippen LogP contribution in [0.25, 0.3) is 11.4 Å². The number of carbonyl (C=O) groups excluding carboxylic acids is 2. The summed E-state index contributed by atoms with van der Waals surface area (Å²) in [4.78, 5) is 24.2. The second-order valence-electron chi connectivity index (χ2n) is 7.30. The second kappa shape index (κ2) is 11.6. The van der Waals surface area contributed by atoms with Crippen molar-refractivity contribution in [1.29, 1.82) is 0 Å². The maximum Gasteiger partial charge on any atom is 0.242 e. The van der Waals surface area contributed by atoms with E-state index in [0.29, 0.717) is 40.0 Å². The van der Waals surface area contributed by atoms with Gasteiger partial charge in [0, 0.05) is 23.7 Å².